The lowest BCUT2D eigenvalue weighted by Crippen LogP contribution is -2.63. The zero-order valence-electron chi connectivity index (χ0n) is 48.0. The molecular weight excluding hydrogens is 1020 g/mol. The summed E-state index contributed by atoms with van der Waals surface area (Å²) in [4.78, 5) is 152. The molecule has 0 spiro atoms. The van der Waals surface area contributed by atoms with Crippen LogP contribution in [0.1, 0.15) is 160 Å². The summed E-state index contributed by atoms with van der Waals surface area (Å²) in [5.74, 6) is -12.7. The Morgan fingerprint density at radius 2 is 1.05 bits per heavy atom. The molecule has 0 radical (unpaired) electrons. The number of rotatable bonds is 26. The van der Waals surface area contributed by atoms with Crippen LogP contribution in [0.5, 0.6) is 0 Å². The SMILES string of the molecule is CCCCCCCC(O)CC(=O)NC(CC(C)C)C(=O)NC(CCC(N)=O)C(=O)NC1C(=O)NC(C(C)C)C(=O)NC(CC(C)C)C(=O)NC(CO)C(=O)NC(CC(C)C)C(=O)NC(CO)C(=O)NC(C(C)C)C(=O)OC1C. The lowest BCUT2D eigenvalue weighted by molar-refractivity contribution is -0.157. The first-order valence-electron chi connectivity index (χ1n) is 27.6. The summed E-state index contributed by atoms with van der Waals surface area (Å²) in [5, 5.41) is 53.8. The number of amides is 10. The van der Waals surface area contributed by atoms with Gasteiger partial charge in [0.15, 0.2) is 0 Å². The predicted molar refractivity (Wildman–Crippen MR) is 288 cm³/mol. The van der Waals surface area contributed by atoms with Gasteiger partial charge in [-0.15, -0.1) is 0 Å². The topological polar surface area (TPSA) is 392 Å². The van der Waals surface area contributed by atoms with Gasteiger partial charge in [0.2, 0.25) is 59.1 Å². The van der Waals surface area contributed by atoms with Gasteiger partial charge in [0.1, 0.15) is 60.5 Å². The van der Waals surface area contributed by atoms with Gasteiger partial charge in [-0.1, -0.05) is 108 Å². The molecular formula is C53H94N10O15. The number of aliphatic hydroxyl groups excluding tert-OH is 3. The number of carbonyl (C=O) groups excluding carboxylic acids is 11. The van der Waals surface area contributed by atoms with E-state index in [1.54, 1.807) is 55.4 Å². The third-order valence-corrected chi connectivity index (χ3v) is 12.9. The third kappa shape index (κ3) is 25.7. The molecule has 0 aromatic rings. The van der Waals surface area contributed by atoms with Crippen LogP contribution in [0.2, 0.25) is 0 Å². The fourth-order valence-electron chi connectivity index (χ4n) is 8.46. The van der Waals surface area contributed by atoms with Crippen LogP contribution in [0.15, 0.2) is 0 Å². The fourth-order valence-corrected chi connectivity index (χ4v) is 8.46. The summed E-state index contributed by atoms with van der Waals surface area (Å²) >= 11 is 0. The Bertz CT molecular complexity index is 2000. The van der Waals surface area contributed by atoms with Crippen molar-refractivity contribution in [3.8, 4) is 0 Å². The van der Waals surface area contributed by atoms with Crippen molar-refractivity contribution in [2.24, 2.45) is 35.3 Å². The summed E-state index contributed by atoms with van der Waals surface area (Å²) < 4.78 is 5.78. The summed E-state index contributed by atoms with van der Waals surface area (Å²) in [5.41, 5.74) is 5.48. The van der Waals surface area contributed by atoms with Gasteiger partial charge in [0, 0.05) is 6.42 Å². The van der Waals surface area contributed by atoms with Crippen molar-refractivity contribution in [1.82, 2.24) is 47.9 Å². The first-order valence-corrected chi connectivity index (χ1v) is 27.6. The fraction of sp³-hybridized carbons (Fsp3) is 0.792. The molecule has 1 fully saturated rings. The maximum atomic E-state index is 14.6. The largest absolute Gasteiger partial charge is 0.458 e. The van der Waals surface area contributed by atoms with Crippen molar-refractivity contribution in [2.75, 3.05) is 13.2 Å². The van der Waals surface area contributed by atoms with E-state index in [9.17, 15) is 68.1 Å². The van der Waals surface area contributed by atoms with E-state index in [-0.39, 0.29) is 43.4 Å². The van der Waals surface area contributed by atoms with Gasteiger partial charge in [0.25, 0.3) is 0 Å². The lowest BCUT2D eigenvalue weighted by Gasteiger charge is -2.32. The maximum Gasteiger partial charge on any atom is 0.329 e. The number of nitrogens with one attached hydrogen (secondary N) is 9. The van der Waals surface area contributed by atoms with Crippen molar-refractivity contribution >= 4 is 65.0 Å². The van der Waals surface area contributed by atoms with Crippen molar-refractivity contribution in [1.29, 1.82) is 0 Å². The predicted octanol–water partition coefficient (Wildman–Crippen LogP) is -0.893. The summed E-state index contributed by atoms with van der Waals surface area (Å²) in [6.07, 6.45) is 1.30. The average Bonchev–Trinajstić information content (AvgIpc) is 3.33. The van der Waals surface area contributed by atoms with Gasteiger partial charge >= 0.3 is 5.97 Å². The number of carbonyl (C=O) groups is 11. The first kappa shape index (κ1) is 70.1. The van der Waals surface area contributed by atoms with Gasteiger partial charge in [-0.25, -0.2) is 4.79 Å². The minimum atomic E-state index is -1.92. The molecule has 0 saturated carbocycles. The van der Waals surface area contributed by atoms with Gasteiger partial charge in [-0.2, -0.15) is 0 Å². The molecule has 1 saturated heterocycles. The highest BCUT2D eigenvalue weighted by Crippen LogP contribution is 2.16. The zero-order valence-corrected chi connectivity index (χ0v) is 48.0. The minimum Gasteiger partial charge on any atom is -0.458 e. The Morgan fingerprint density at radius 3 is 1.53 bits per heavy atom. The Hall–Kier alpha value is -5.95. The van der Waals surface area contributed by atoms with Crippen LogP contribution in [-0.2, 0) is 57.5 Å². The number of nitrogens with two attached hydrogens (primary N) is 1. The quantitative estimate of drug-likeness (QED) is 0.0369. The zero-order chi connectivity index (χ0) is 59.6. The summed E-state index contributed by atoms with van der Waals surface area (Å²) in [6.45, 7) is 18.1. The first-order chi connectivity index (χ1) is 36.4. The van der Waals surface area contributed by atoms with E-state index in [1.807, 2.05) is 0 Å². The number of primary amides is 1. The molecule has 0 aliphatic carbocycles. The van der Waals surface area contributed by atoms with E-state index in [2.05, 4.69) is 54.8 Å². The van der Waals surface area contributed by atoms with Crippen LogP contribution in [0.4, 0.5) is 0 Å². The van der Waals surface area contributed by atoms with Gasteiger partial charge < -0.3 is 73.6 Å². The van der Waals surface area contributed by atoms with Crippen LogP contribution in [0.25, 0.3) is 0 Å². The molecule has 1 heterocycles. The van der Waals surface area contributed by atoms with Gasteiger partial charge in [0.05, 0.1) is 25.7 Å². The van der Waals surface area contributed by atoms with Crippen LogP contribution < -0.4 is 53.6 Å². The molecule has 25 nitrogen and oxygen atoms in total. The number of hydrogen-bond donors (Lipinski definition) is 13. The van der Waals surface area contributed by atoms with Gasteiger partial charge in [-0.05, 0) is 68.6 Å². The molecule has 25 heteroatoms. The van der Waals surface area contributed by atoms with Crippen LogP contribution in [0.3, 0.4) is 0 Å². The molecule has 0 aromatic carbocycles. The highest BCUT2D eigenvalue weighted by atomic mass is 16.5. The van der Waals surface area contributed by atoms with Crippen LogP contribution in [-0.4, -0.2) is 160 Å². The second kappa shape index (κ2) is 35.5. The van der Waals surface area contributed by atoms with E-state index in [1.165, 1.54) is 20.8 Å². The molecule has 1 aliphatic heterocycles. The van der Waals surface area contributed by atoms with Gasteiger partial charge in [-0.3, -0.25) is 47.9 Å². The van der Waals surface area contributed by atoms with E-state index in [0.717, 1.165) is 25.7 Å². The number of ether oxygens (including phenoxy) is 1. The van der Waals surface area contributed by atoms with Crippen LogP contribution in [0, 0.1) is 29.6 Å². The number of esters is 1. The van der Waals surface area contributed by atoms with Crippen molar-refractivity contribution in [3.63, 3.8) is 0 Å². The average molecular weight is 1110 g/mol. The molecule has 14 N–H and O–H groups in total. The van der Waals surface area contributed by atoms with Crippen molar-refractivity contribution < 1.29 is 72.8 Å². The molecule has 10 amide bonds. The second-order valence-electron chi connectivity index (χ2n) is 22.3. The van der Waals surface area contributed by atoms with E-state index in [0.29, 0.717) is 12.8 Å². The highest BCUT2D eigenvalue weighted by Gasteiger charge is 2.40. The molecule has 0 aromatic heterocycles. The Balaban J connectivity index is 3.95. The molecule has 11 unspecified atom stereocenters. The monoisotopic (exact) mass is 1110 g/mol. The van der Waals surface area contributed by atoms with Crippen LogP contribution >= 0.6 is 0 Å². The normalized spacial score (nSPS) is 23.8. The van der Waals surface area contributed by atoms with E-state index in [4.69, 9.17) is 10.5 Å². The van der Waals surface area contributed by atoms with E-state index >= 15 is 0 Å². The lowest BCUT2D eigenvalue weighted by atomic mass is 9.98. The molecule has 1 aliphatic rings. The molecule has 1 rings (SSSR count). The van der Waals surface area contributed by atoms with Crippen molar-refractivity contribution in [3.05, 3.63) is 0 Å². The number of hydrogen-bond acceptors (Lipinski definition) is 15. The molecule has 11 atom stereocenters. The molecule has 0 bridgehead atoms. The molecule has 78 heavy (non-hydrogen) atoms. The highest BCUT2D eigenvalue weighted by molar-refractivity contribution is 5.99. The minimum absolute atomic E-state index is 0.00534. The standard InChI is InChI=1S/C53H94N10O15/c1-13-14-15-16-17-18-33(66)24-41(68)55-35(21-27(2)3)46(70)56-34(19-20-40(54)67)45(69)63-44-32(12)78-53(77)43(31(10)11)62-50(74)39(26-65)60-47(71)36(22-28(4)5)57-49(73)38(25-64)59-48(72)37(23-29(6)7)58-51(75)42(30(8)9)61-52(44)76/h27-39,42-44,64-66H,13-26H2,1-12H3,(H2,54,67)(H,55,68)(H,56,70)(H,57,73)(H,58,75)(H,59,72)(H,60,71)(H,61,76)(H,62,74)(H,63,69). The third-order valence-electron chi connectivity index (χ3n) is 12.9. The molecule has 446 valence electrons. The smallest absolute Gasteiger partial charge is 0.329 e. The Kier molecular flexibility index (Phi) is 31.9. The number of aliphatic hydroxyl groups is 3. The van der Waals surface area contributed by atoms with Crippen molar-refractivity contribution in [2.45, 2.75) is 227 Å². The number of unbranched alkanes of at least 4 members (excludes halogenated alkanes) is 4. The summed E-state index contributed by atoms with van der Waals surface area (Å²) in [6, 6.07) is -13.9. The Morgan fingerprint density at radius 1 is 0.577 bits per heavy atom. The second-order valence-corrected chi connectivity index (χ2v) is 22.3. The Labute approximate surface area is 459 Å². The maximum absolute atomic E-state index is 14.6. The summed E-state index contributed by atoms with van der Waals surface area (Å²) in [7, 11) is 0. The number of cyclic esters (lactones) is 1. The van der Waals surface area contributed by atoms with E-state index < -0.39 is 170 Å².